The molecule has 164 valence electrons. The van der Waals surface area contributed by atoms with Crippen LogP contribution < -0.4 is 14.8 Å². The molecule has 1 heterocycles. The fraction of sp³-hybridized carbons (Fsp3) is 0.333. The second-order valence-electron chi connectivity index (χ2n) is 7.71. The minimum absolute atomic E-state index is 0.138. The fourth-order valence-corrected chi connectivity index (χ4v) is 3.51. The van der Waals surface area contributed by atoms with Gasteiger partial charge in [-0.05, 0) is 48.2 Å². The number of amides is 2. The molecular formula is C24H27ClN2O4. The first kappa shape index (κ1) is 22.7. The standard InChI is InChI=1S/C24H27ClN2O4/c1-5-12-31-18-9-6-16(7-10-18)21-22(24(29)27(23(21)28)14-15(2)3)26-19-13-17(25)8-11-20(19)30-4/h6-11,13,15,26H,5,12,14H2,1-4H3. The van der Waals surface area contributed by atoms with Crippen molar-refractivity contribution in [2.24, 2.45) is 5.92 Å². The van der Waals surface area contributed by atoms with E-state index in [0.29, 0.717) is 46.5 Å². The number of carbonyl (C=O) groups excluding carboxylic acids is 2. The third kappa shape index (κ3) is 5.02. The maximum Gasteiger partial charge on any atom is 0.278 e. The summed E-state index contributed by atoms with van der Waals surface area (Å²) in [4.78, 5) is 27.7. The zero-order valence-electron chi connectivity index (χ0n) is 18.2. The summed E-state index contributed by atoms with van der Waals surface area (Å²) in [5.74, 6) is 0.667. The molecule has 0 saturated carbocycles. The molecular weight excluding hydrogens is 416 g/mol. The van der Waals surface area contributed by atoms with Crippen molar-refractivity contribution >= 4 is 34.7 Å². The Morgan fingerprint density at radius 2 is 1.77 bits per heavy atom. The smallest absolute Gasteiger partial charge is 0.278 e. The molecule has 2 amide bonds. The molecule has 0 bridgehead atoms. The second kappa shape index (κ2) is 9.88. The number of rotatable bonds is 9. The van der Waals surface area contributed by atoms with E-state index in [0.717, 1.165) is 6.42 Å². The minimum atomic E-state index is -0.373. The van der Waals surface area contributed by atoms with Crippen LogP contribution in [0.25, 0.3) is 5.57 Å². The predicted molar refractivity (Wildman–Crippen MR) is 122 cm³/mol. The Balaban J connectivity index is 2.04. The van der Waals surface area contributed by atoms with Crippen LogP contribution >= 0.6 is 11.6 Å². The van der Waals surface area contributed by atoms with Gasteiger partial charge in [-0.25, -0.2) is 0 Å². The lowest BCUT2D eigenvalue weighted by Crippen LogP contribution is -2.35. The van der Waals surface area contributed by atoms with Gasteiger partial charge in [-0.2, -0.15) is 0 Å². The first-order chi connectivity index (χ1) is 14.8. The summed E-state index contributed by atoms with van der Waals surface area (Å²) in [5.41, 5.74) is 1.66. The van der Waals surface area contributed by atoms with E-state index in [1.807, 2.05) is 20.8 Å². The van der Waals surface area contributed by atoms with Crippen molar-refractivity contribution in [2.75, 3.05) is 25.6 Å². The van der Waals surface area contributed by atoms with Crippen LogP contribution in [0.4, 0.5) is 5.69 Å². The Morgan fingerprint density at radius 1 is 1.06 bits per heavy atom. The number of nitrogens with zero attached hydrogens (tertiary/aromatic N) is 1. The molecule has 0 radical (unpaired) electrons. The van der Waals surface area contributed by atoms with Crippen molar-refractivity contribution in [3.05, 3.63) is 58.7 Å². The summed E-state index contributed by atoms with van der Waals surface area (Å²) in [6.45, 7) is 6.91. The van der Waals surface area contributed by atoms with Crippen LogP contribution in [0.3, 0.4) is 0 Å². The van der Waals surface area contributed by atoms with Crippen molar-refractivity contribution in [3.63, 3.8) is 0 Å². The quantitative estimate of drug-likeness (QED) is 0.554. The molecule has 1 N–H and O–H groups in total. The predicted octanol–water partition coefficient (Wildman–Crippen LogP) is 4.99. The van der Waals surface area contributed by atoms with Gasteiger partial charge < -0.3 is 14.8 Å². The largest absolute Gasteiger partial charge is 0.495 e. The van der Waals surface area contributed by atoms with Crippen LogP contribution in [0.5, 0.6) is 11.5 Å². The number of anilines is 1. The van der Waals surface area contributed by atoms with Crippen molar-refractivity contribution in [2.45, 2.75) is 27.2 Å². The maximum atomic E-state index is 13.2. The van der Waals surface area contributed by atoms with Crippen LogP contribution in [0.1, 0.15) is 32.8 Å². The number of carbonyl (C=O) groups is 2. The second-order valence-corrected chi connectivity index (χ2v) is 8.14. The Hall–Kier alpha value is -2.99. The molecule has 3 rings (SSSR count). The Kier molecular flexibility index (Phi) is 7.23. The lowest BCUT2D eigenvalue weighted by molar-refractivity contribution is -0.137. The SMILES string of the molecule is CCCOc1ccc(C2=C(Nc3cc(Cl)ccc3OC)C(=O)N(CC(C)C)C2=O)cc1. The molecule has 2 aromatic rings. The molecule has 0 aliphatic carbocycles. The summed E-state index contributed by atoms with van der Waals surface area (Å²) in [6.07, 6.45) is 0.902. The highest BCUT2D eigenvalue weighted by atomic mass is 35.5. The Bertz CT molecular complexity index is 999. The van der Waals surface area contributed by atoms with Crippen molar-refractivity contribution in [1.29, 1.82) is 0 Å². The van der Waals surface area contributed by atoms with Gasteiger partial charge in [-0.3, -0.25) is 14.5 Å². The lowest BCUT2D eigenvalue weighted by Gasteiger charge is -2.17. The maximum absolute atomic E-state index is 13.2. The van der Waals surface area contributed by atoms with Gasteiger partial charge >= 0.3 is 0 Å². The van der Waals surface area contributed by atoms with Gasteiger partial charge in [-0.15, -0.1) is 0 Å². The van der Waals surface area contributed by atoms with E-state index in [4.69, 9.17) is 21.1 Å². The molecule has 6 nitrogen and oxygen atoms in total. The number of hydrogen-bond acceptors (Lipinski definition) is 5. The number of methoxy groups -OCH3 is 1. The third-order valence-corrected chi connectivity index (χ3v) is 4.99. The van der Waals surface area contributed by atoms with Gasteiger partial charge in [0.25, 0.3) is 11.8 Å². The molecule has 7 heteroatoms. The number of ether oxygens (including phenoxy) is 2. The summed E-state index contributed by atoms with van der Waals surface area (Å²) in [6, 6.07) is 12.3. The van der Waals surface area contributed by atoms with Gasteiger partial charge in [-0.1, -0.05) is 44.5 Å². The molecule has 0 aromatic heterocycles. The topological polar surface area (TPSA) is 67.9 Å². The number of halogens is 1. The van der Waals surface area contributed by atoms with Crippen LogP contribution in [0.2, 0.25) is 5.02 Å². The van der Waals surface area contributed by atoms with E-state index in [9.17, 15) is 9.59 Å². The lowest BCUT2D eigenvalue weighted by atomic mass is 10.0. The molecule has 0 unspecified atom stereocenters. The summed E-state index contributed by atoms with van der Waals surface area (Å²) in [5, 5.41) is 3.59. The molecule has 1 aliphatic heterocycles. The number of hydrogen-bond donors (Lipinski definition) is 1. The van der Waals surface area contributed by atoms with Crippen LogP contribution in [0.15, 0.2) is 48.2 Å². The van der Waals surface area contributed by atoms with Crippen molar-refractivity contribution in [1.82, 2.24) is 4.90 Å². The first-order valence-electron chi connectivity index (χ1n) is 10.3. The monoisotopic (exact) mass is 442 g/mol. The van der Waals surface area contributed by atoms with Crippen LogP contribution in [-0.2, 0) is 9.59 Å². The van der Waals surface area contributed by atoms with E-state index < -0.39 is 0 Å². The normalized spacial score (nSPS) is 13.9. The highest BCUT2D eigenvalue weighted by Crippen LogP contribution is 2.35. The zero-order valence-corrected chi connectivity index (χ0v) is 19.0. The number of nitrogens with one attached hydrogen (secondary N) is 1. The van der Waals surface area contributed by atoms with E-state index in [2.05, 4.69) is 5.32 Å². The van der Waals surface area contributed by atoms with Crippen LogP contribution in [0, 0.1) is 5.92 Å². The van der Waals surface area contributed by atoms with Gasteiger partial charge in [0.1, 0.15) is 17.2 Å². The molecule has 0 atom stereocenters. The van der Waals surface area contributed by atoms with Crippen LogP contribution in [-0.4, -0.2) is 37.0 Å². The molecule has 0 saturated heterocycles. The van der Waals surface area contributed by atoms with Gasteiger partial charge in [0.05, 0.1) is 25.0 Å². The molecule has 31 heavy (non-hydrogen) atoms. The van der Waals surface area contributed by atoms with E-state index in [-0.39, 0.29) is 23.4 Å². The number of imide groups is 1. The molecule has 1 aliphatic rings. The summed E-state index contributed by atoms with van der Waals surface area (Å²) >= 11 is 6.15. The van der Waals surface area contributed by atoms with E-state index in [1.165, 1.54) is 12.0 Å². The number of benzene rings is 2. The fourth-order valence-electron chi connectivity index (χ4n) is 3.34. The third-order valence-electron chi connectivity index (χ3n) is 4.75. The van der Waals surface area contributed by atoms with Crippen molar-refractivity contribution in [3.8, 4) is 11.5 Å². The summed E-state index contributed by atoms with van der Waals surface area (Å²) in [7, 11) is 1.53. The van der Waals surface area contributed by atoms with E-state index in [1.54, 1.807) is 42.5 Å². The zero-order chi connectivity index (χ0) is 22.5. The highest BCUT2D eigenvalue weighted by molar-refractivity contribution is 6.36. The molecule has 0 fully saturated rings. The summed E-state index contributed by atoms with van der Waals surface area (Å²) < 4.78 is 11.0. The molecule has 2 aromatic carbocycles. The van der Waals surface area contributed by atoms with Gasteiger partial charge in [0, 0.05) is 11.6 Å². The average molecular weight is 443 g/mol. The van der Waals surface area contributed by atoms with E-state index >= 15 is 0 Å². The van der Waals surface area contributed by atoms with Gasteiger partial charge in [0.15, 0.2) is 0 Å². The molecule has 0 spiro atoms. The first-order valence-corrected chi connectivity index (χ1v) is 10.7. The van der Waals surface area contributed by atoms with Crippen molar-refractivity contribution < 1.29 is 19.1 Å². The average Bonchev–Trinajstić information content (AvgIpc) is 2.97. The minimum Gasteiger partial charge on any atom is -0.495 e. The highest BCUT2D eigenvalue weighted by Gasteiger charge is 2.39. The Labute approximate surface area is 187 Å². The van der Waals surface area contributed by atoms with Gasteiger partial charge in [0.2, 0.25) is 0 Å². The Morgan fingerprint density at radius 3 is 2.39 bits per heavy atom.